The van der Waals surface area contributed by atoms with Crippen LogP contribution in [0.5, 0.6) is 0 Å². The fourth-order valence-electron chi connectivity index (χ4n) is 3.59. The maximum Gasteiger partial charge on any atom is 0.231 e. The molecular weight excluding hydrogens is 288 g/mol. The average molecular weight is 314 g/mol. The van der Waals surface area contributed by atoms with E-state index >= 15 is 0 Å². The van der Waals surface area contributed by atoms with Crippen molar-refractivity contribution in [3.05, 3.63) is 53.7 Å². The van der Waals surface area contributed by atoms with Gasteiger partial charge in [0.05, 0.1) is 6.20 Å². The summed E-state index contributed by atoms with van der Waals surface area (Å²) in [6.45, 7) is 0.835. The summed E-state index contributed by atoms with van der Waals surface area (Å²) >= 11 is 0. The Bertz CT molecular complexity index is 605. The molecule has 0 spiro atoms. The summed E-state index contributed by atoms with van der Waals surface area (Å²) in [6.07, 6.45) is 8.13. The number of likely N-dealkylation sites (N-methyl/N-ethyl adjacent to an activating group) is 1. The molecule has 4 nitrogen and oxygen atoms in total. The van der Waals surface area contributed by atoms with Crippen LogP contribution < -0.4 is 5.32 Å². The fraction of sp³-hybridized carbons (Fsp3) is 0.526. The first-order valence-electron chi connectivity index (χ1n) is 8.63. The van der Waals surface area contributed by atoms with Gasteiger partial charge in [0, 0.05) is 18.9 Å². The first kappa shape index (κ1) is 16.2. The molecule has 0 aliphatic heterocycles. The van der Waals surface area contributed by atoms with E-state index in [0.29, 0.717) is 5.89 Å². The van der Waals surface area contributed by atoms with E-state index in [0.717, 1.165) is 50.0 Å². The van der Waals surface area contributed by atoms with E-state index in [2.05, 4.69) is 10.3 Å². The van der Waals surface area contributed by atoms with Crippen molar-refractivity contribution in [1.29, 1.82) is 0 Å². The Balaban J connectivity index is 1.96. The molecule has 2 N–H and O–H groups in total. The third kappa shape index (κ3) is 3.33. The van der Waals surface area contributed by atoms with Gasteiger partial charge in [-0.2, -0.15) is 0 Å². The van der Waals surface area contributed by atoms with Crippen LogP contribution in [0, 0.1) is 5.92 Å². The smallest absolute Gasteiger partial charge is 0.231 e. The van der Waals surface area contributed by atoms with Crippen LogP contribution in [-0.4, -0.2) is 23.7 Å². The van der Waals surface area contributed by atoms with Gasteiger partial charge >= 0.3 is 0 Å². The highest BCUT2D eigenvalue weighted by atomic mass is 16.4. The Morgan fingerprint density at radius 2 is 1.96 bits per heavy atom. The molecule has 1 heterocycles. The minimum atomic E-state index is -1.13. The average Bonchev–Trinajstić information content (AvgIpc) is 3.10. The highest BCUT2D eigenvalue weighted by molar-refractivity contribution is 5.30. The summed E-state index contributed by atoms with van der Waals surface area (Å²) < 4.78 is 5.96. The molecule has 4 heteroatoms. The molecule has 2 aromatic rings. The van der Waals surface area contributed by atoms with Gasteiger partial charge in [0.2, 0.25) is 5.89 Å². The molecule has 1 atom stereocenters. The maximum absolute atomic E-state index is 11.6. The van der Waals surface area contributed by atoms with Crippen LogP contribution in [0.1, 0.15) is 49.3 Å². The molecule has 1 aliphatic rings. The van der Waals surface area contributed by atoms with Crippen molar-refractivity contribution in [3.8, 4) is 0 Å². The van der Waals surface area contributed by atoms with Crippen LogP contribution >= 0.6 is 0 Å². The SMILES string of the molecule is CNCCc1cnc([C@](O)(c2ccccc2)C2CCCCC2)o1. The second kappa shape index (κ2) is 7.28. The lowest BCUT2D eigenvalue weighted by molar-refractivity contribution is -0.0238. The van der Waals surface area contributed by atoms with Gasteiger partial charge in [0.15, 0.2) is 5.60 Å². The third-order valence-electron chi connectivity index (χ3n) is 4.91. The third-order valence-corrected chi connectivity index (χ3v) is 4.91. The lowest BCUT2D eigenvalue weighted by Gasteiger charge is -2.36. The number of benzene rings is 1. The molecule has 0 saturated heterocycles. The molecule has 0 radical (unpaired) electrons. The number of nitrogens with one attached hydrogen (secondary N) is 1. The van der Waals surface area contributed by atoms with Crippen molar-refractivity contribution in [2.75, 3.05) is 13.6 Å². The number of aromatic nitrogens is 1. The number of oxazole rings is 1. The van der Waals surface area contributed by atoms with Crippen molar-refractivity contribution in [1.82, 2.24) is 10.3 Å². The van der Waals surface area contributed by atoms with Gasteiger partial charge in [0.25, 0.3) is 0 Å². The first-order valence-corrected chi connectivity index (χ1v) is 8.63. The Morgan fingerprint density at radius 3 is 2.65 bits per heavy atom. The van der Waals surface area contributed by atoms with Crippen LogP contribution in [0.15, 0.2) is 40.9 Å². The molecule has 3 rings (SSSR count). The minimum absolute atomic E-state index is 0.162. The lowest BCUT2D eigenvalue weighted by Crippen LogP contribution is -2.38. The quantitative estimate of drug-likeness (QED) is 0.859. The van der Waals surface area contributed by atoms with Crippen molar-refractivity contribution in [2.45, 2.75) is 44.1 Å². The van der Waals surface area contributed by atoms with Gasteiger partial charge in [-0.3, -0.25) is 0 Å². The van der Waals surface area contributed by atoms with Crippen LogP contribution in [0.2, 0.25) is 0 Å². The highest BCUT2D eigenvalue weighted by Gasteiger charge is 2.44. The van der Waals surface area contributed by atoms with E-state index < -0.39 is 5.60 Å². The summed E-state index contributed by atoms with van der Waals surface area (Å²) in [5.41, 5.74) is -0.242. The Morgan fingerprint density at radius 1 is 1.22 bits per heavy atom. The molecule has 1 aromatic heterocycles. The van der Waals surface area contributed by atoms with Crippen LogP contribution in [0.4, 0.5) is 0 Å². The van der Waals surface area contributed by atoms with E-state index in [-0.39, 0.29) is 5.92 Å². The highest BCUT2D eigenvalue weighted by Crippen LogP contribution is 2.43. The zero-order valence-electron chi connectivity index (χ0n) is 13.8. The van der Waals surface area contributed by atoms with E-state index in [9.17, 15) is 5.11 Å². The lowest BCUT2D eigenvalue weighted by atomic mass is 9.73. The van der Waals surface area contributed by atoms with E-state index in [4.69, 9.17) is 4.42 Å². The van der Waals surface area contributed by atoms with Crippen molar-refractivity contribution >= 4 is 0 Å². The Hall–Kier alpha value is -1.65. The van der Waals surface area contributed by atoms with Gasteiger partial charge < -0.3 is 14.8 Å². The molecule has 1 aliphatic carbocycles. The number of rotatable bonds is 6. The Kier molecular flexibility index (Phi) is 5.13. The molecule has 23 heavy (non-hydrogen) atoms. The largest absolute Gasteiger partial charge is 0.442 e. The second-order valence-electron chi connectivity index (χ2n) is 6.45. The summed E-state index contributed by atoms with van der Waals surface area (Å²) in [6, 6.07) is 9.86. The minimum Gasteiger partial charge on any atom is -0.442 e. The van der Waals surface area contributed by atoms with Gasteiger partial charge in [-0.25, -0.2) is 4.98 Å². The standard InChI is InChI=1S/C19H26N2O2/c1-20-13-12-17-14-21-18(23-17)19(22,15-8-4-2-5-9-15)16-10-6-3-7-11-16/h2,4-5,8-9,14,16,20,22H,3,6-7,10-13H2,1H3/t19-/m0/s1. The molecule has 1 saturated carbocycles. The zero-order chi connectivity index (χ0) is 16.1. The zero-order valence-corrected chi connectivity index (χ0v) is 13.8. The molecule has 1 fully saturated rings. The van der Waals surface area contributed by atoms with E-state index in [1.807, 2.05) is 37.4 Å². The van der Waals surface area contributed by atoms with Gasteiger partial charge in [0.1, 0.15) is 5.76 Å². The van der Waals surface area contributed by atoms with Gasteiger partial charge in [-0.15, -0.1) is 0 Å². The first-order chi connectivity index (χ1) is 11.2. The molecule has 0 bridgehead atoms. The van der Waals surface area contributed by atoms with Crippen molar-refractivity contribution in [2.24, 2.45) is 5.92 Å². The van der Waals surface area contributed by atoms with Gasteiger partial charge in [-0.05, 0) is 25.5 Å². The van der Waals surface area contributed by atoms with Crippen molar-refractivity contribution in [3.63, 3.8) is 0 Å². The Labute approximate surface area is 137 Å². The predicted molar refractivity (Wildman–Crippen MR) is 90.1 cm³/mol. The van der Waals surface area contributed by atoms with Crippen LogP contribution in [-0.2, 0) is 12.0 Å². The monoisotopic (exact) mass is 314 g/mol. The molecule has 124 valence electrons. The number of hydrogen-bond acceptors (Lipinski definition) is 4. The molecule has 0 amide bonds. The number of nitrogens with zero attached hydrogens (tertiary/aromatic N) is 1. The summed E-state index contributed by atoms with van der Waals surface area (Å²) in [5, 5.41) is 14.8. The van der Waals surface area contributed by atoms with Gasteiger partial charge in [-0.1, -0.05) is 49.6 Å². The predicted octanol–water partition coefficient (Wildman–Crippen LogP) is 3.25. The van der Waals surface area contributed by atoms with E-state index in [1.54, 1.807) is 6.20 Å². The molecular formula is C19H26N2O2. The van der Waals surface area contributed by atoms with Crippen LogP contribution in [0.25, 0.3) is 0 Å². The maximum atomic E-state index is 11.6. The fourth-order valence-corrected chi connectivity index (χ4v) is 3.59. The second-order valence-corrected chi connectivity index (χ2v) is 6.45. The van der Waals surface area contributed by atoms with Crippen LogP contribution in [0.3, 0.4) is 0 Å². The normalized spacial score (nSPS) is 18.7. The van der Waals surface area contributed by atoms with Crippen molar-refractivity contribution < 1.29 is 9.52 Å². The molecule has 1 aromatic carbocycles. The molecule has 0 unspecified atom stereocenters. The summed E-state index contributed by atoms with van der Waals surface area (Å²) in [7, 11) is 1.92. The topological polar surface area (TPSA) is 58.3 Å². The van der Waals surface area contributed by atoms with E-state index in [1.165, 1.54) is 6.42 Å². The number of aliphatic hydroxyl groups is 1. The number of hydrogen-bond donors (Lipinski definition) is 2. The summed E-state index contributed by atoms with van der Waals surface area (Å²) in [4.78, 5) is 4.45. The summed E-state index contributed by atoms with van der Waals surface area (Å²) in [5.74, 6) is 1.43.